The van der Waals surface area contributed by atoms with Crippen LogP contribution in [-0.4, -0.2) is 49.9 Å². The van der Waals surface area contributed by atoms with Gasteiger partial charge in [0.05, 0.1) is 11.8 Å². The summed E-state index contributed by atoms with van der Waals surface area (Å²) in [6.07, 6.45) is 1.22. The second-order valence-corrected chi connectivity index (χ2v) is 5.71. The van der Waals surface area contributed by atoms with Crippen molar-refractivity contribution in [3.63, 3.8) is 0 Å². The van der Waals surface area contributed by atoms with Gasteiger partial charge >= 0.3 is 0 Å². The highest BCUT2D eigenvalue weighted by molar-refractivity contribution is 5.94. The molecule has 6 nitrogen and oxygen atoms in total. The van der Waals surface area contributed by atoms with E-state index in [1.807, 2.05) is 26.0 Å². The van der Waals surface area contributed by atoms with Gasteiger partial charge in [-0.05, 0) is 51.0 Å². The second kappa shape index (κ2) is 5.88. The number of carbonyl (C=O) groups excluding carboxylic acids is 1. The highest BCUT2D eigenvalue weighted by Crippen LogP contribution is 2.16. The minimum absolute atomic E-state index is 0.0307. The molecule has 0 bridgehead atoms. The van der Waals surface area contributed by atoms with Crippen LogP contribution < -0.4 is 0 Å². The van der Waals surface area contributed by atoms with Crippen LogP contribution in [0.3, 0.4) is 0 Å². The largest absolute Gasteiger partial charge is 0.391 e. The molecular weight excluding hydrogens is 280 g/mol. The van der Waals surface area contributed by atoms with Crippen molar-refractivity contribution in [2.75, 3.05) is 13.1 Å². The lowest BCUT2D eigenvalue weighted by molar-refractivity contribution is 0.0474. The van der Waals surface area contributed by atoms with Crippen molar-refractivity contribution in [3.8, 4) is 5.69 Å². The molecule has 1 aromatic heterocycles. The number of aryl methyl sites for hydroxylation is 2. The first-order valence-corrected chi connectivity index (χ1v) is 7.52. The predicted octanol–water partition coefficient (Wildman–Crippen LogP) is 1.48. The molecular formula is C16H20N4O2. The van der Waals surface area contributed by atoms with Crippen LogP contribution in [-0.2, 0) is 0 Å². The molecule has 0 radical (unpaired) electrons. The van der Waals surface area contributed by atoms with Crippen LogP contribution in [0, 0.1) is 13.8 Å². The highest BCUT2D eigenvalue weighted by atomic mass is 16.3. The number of nitrogens with zero attached hydrogens (tertiary/aromatic N) is 4. The molecule has 22 heavy (non-hydrogen) atoms. The third kappa shape index (κ3) is 2.87. The Balaban J connectivity index is 1.79. The van der Waals surface area contributed by atoms with Gasteiger partial charge in [-0.3, -0.25) is 4.79 Å². The SMILES string of the molecule is Cc1nc(C)n(-c2ccc(C(=O)N3CCCC(O)C3)cc2)n1. The van der Waals surface area contributed by atoms with Crippen LogP contribution in [0.5, 0.6) is 0 Å². The number of aliphatic hydroxyl groups excluding tert-OH is 1. The first-order chi connectivity index (χ1) is 10.5. The standard InChI is InChI=1S/C16H20N4O2/c1-11-17-12(2)20(18-11)14-7-5-13(6-8-14)16(22)19-9-3-4-15(21)10-19/h5-8,15,21H,3-4,9-10H2,1-2H3. The number of amides is 1. The lowest BCUT2D eigenvalue weighted by Gasteiger charge is -2.30. The van der Waals surface area contributed by atoms with Gasteiger partial charge in [0.1, 0.15) is 11.6 Å². The van der Waals surface area contributed by atoms with E-state index in [9.17, 15) is 9.90 Å². The van der Waals surface area contributed by atoms with Crippen molar-refractivity contribution in [2.45, 2.75) is 32.8 Å². The number of likely N-dealkylation sites (tertiary alicyclic amines) is 1. The third-order valence-corrected chi connectivity index (χ3v) is 3.92. The van der Waals surface area contributed by atoms with Gasteiger partial charge in [0.2, 0.25) is 0 Å². The van der Waals surface area contributed by atoms with Crippen molar-refractivity contribution in [3.05, 3.63) is 41.5 Å². The molecule has 0 spiro atoms. The van der Waals surface area contributed by atoms with Crippen LogP contribution >= 0.6 is 0 Å². The lowest BCUT2D eigenvalue weighted by Crippen LogP contribution is -2.42. The number of hydrogen-bond donors (Lipinski definition) is 1. The molecule has 0 saturated carbocycles. The maximum Gasteiger partial charge on any atom is 0.253 e. The average molecular weight is 300 g/mol. The molecule has 1 amide bonds. The van der Waals surface area contributed by atoms with Crippen LogP contribution in [0.1, 0.15) is 34.8 Å². The molecule has 2 aromatic rings. The van der Waals surface area contributed by atoms with E-state index >= 15 is 0 Å². The van der Waals surface area contributed by atoms with Crippen molar-refractivity contribution in [1.82, 2.24) is 19.7 Å². The summed E-state index contributed by atoms with van der Waals surface area (Å²) < 4.78 is 1.76. The van der Waals surface area contributed by atoms with E-state index in [4.69, 9.17) is 0 Å². The predicted molar refractivity (Wildman–Crippen MR) is 82.0 cm³/mol. The summed E-state index contributed by atoms with van der Waals surface area (Å²) in [5.74, 6) is 1.51. The Kier molecular flexibility index (Phi) is 3.94. The maximum absolute atomic E-state index is 12.4. The highest BCUT2D eigenvalue weighted by Gasteiger charge is 2.23. The number of benzene rings is 1. The Labute approximate surface area is 129 Å². The van der Waals surface area contributed by atoms with Crippen LogP contribution in [0.2, 0.25) is 0 Å². The van der Waals surface area contributed by atoms with Gasteiger partial charge in [-0.15, -0.1) is 0 Å². The number of aliphatic hydroxyl groups is 1. The first-order valence-electron chi connectivity index (χ1n) is 7.52. The molecule has 1 saturated heterocycles. The van der Waals surface area contributed by atoms with Gasteiger partial charge in [0.15, 0.2) is 0 Å². The fourth-order valence-corrected chi connectivity index (χ4v) is 2.83. The summed E-state index contributed by atoms with van der Waals surface area (Å²) >= 11 is 0. The third-order valence-electron chi connectivity index (χ3n) is 3.92. The minimum Gasteiger partial charge on any atom is -0.391 e. The van der Waals surface area contributed by atoms with Gasteiger partial charge in [-0.2, -0.15) is 5.10 Å². The maximum atomic E-state index is 12.4. The fourth-order valence-electron chi connectivity index (χ4n) is 2.83. The van der Waals surface area contributed by atoms with Crippen molar-refractivity contribution in [2.24, 2.45) is 0 Å². The second-order valence-electron chi connectivity index (χ2n) is 5.71. The number of carbonyl (C=O) groups is 1. The number of rotatable bonds is 2. The number of hydrogen-bond acceptors (Lipinski definition) is 4. The molecule has 0 aliphatic carbocycles. The van der Waals surface area contributed by atoms with E-state index in [2.05, 4.69) is 10.1 Å². The lowest BCUT2D eigenvalue weighted by atomic mass is 10.1. The van der Waals surface area contributed by atoms with Crippen molar-refractivity contribution in [1.29, 1.82) is 0 Å². The molecule has 1 aliphatic rings. The summed E-state index contributed by atoms with van der Waals surface area (Å²) in [4.78, 5) is 18.4. The summed E-state index contributed by atoms with van der Waals surface area (Å²) in [6.45, 7) is 4.87. The number of piperidine rings is 1. The molecule has 1 N–H and O–H groups in total. The Morgan fingerprint density at radius 3 is 2.59 bits per heavy atom. The van der Waals surface area contributed by atoms with Crippen LogP contribution in [0.25, 0.3) is 5.69 Å². The van der Waals surface area contributed by atoms with E-state index in [0.717, 1.165) is 30.2 Å². The van der Waals surface area contributed by atoms with E-state index < -0.39 is 6.10 Å². The van der Waals surface area contributed by atoms with Gasteiger partial charge in [-0.1, -0.05) is 0 Å². The summed E-state index contributed by atoms with van der Waals surface area (Å²) in [6, 6.07) is 7.34. The molecule has 1 aromatic carbocycles. The monoisotopic (exact) mass is 300 g/mol. The fraction of sp³-hybridized carbons (Fsp3) is 0.438. The summed E-state index contributed by atoms with van der Waals surface area (Å²) in [5.41, 5.74) is 1.51. The topological polar surface area (TPSA) is 71.2 Å². The van der Waals surface area contributed by atoms with Crippen molar-refractivity contribution >= 4 is 5.91 Å². The van der Waals surface area contributed by atoms with E-state index in [1.165, 1.54) is 0 Å². The molecule has 1 aliphatic heterocycles. The molecule has 1 unspecified atom stereocenters. The molecule has 2 heterocycles. The Bertz CT molecular complexity index is 678. The van der Waals surface area contributed by atoms with Crippen LogP contribution in [0.4, 0.5) is 0 Å². The number of aromatic nitrogens is 3. The Morgan fingerprint density at radius 2 is 2.00 bits per heavy atom. The minimum atomic E-state index is -0.405. The molecule has 116 valence electrons. The van der Waals surface area contributed by atoms with Crippen LogP contribution in [0.15, 0.2) is 24.3 Å². The van der Waals surface area contributed by atoms with E-state index in [1.54, 1.807) is 21.7 Å². The Morgan fingerprint density at radius 1 is 1.27 bits per heavy atom. The average Bonchev–Trinajstić information content (AvgIpc) is 2.85. The number of β-amino-alcohol motifs (C(OH)–C–C–N with tert-alkyl or cyclic N) is 1. The van der Waals surface area contributed by atoms with Crippen molar-refractivity contribution < 1.29 is 9.90 Å². The zero-order valence-corrected chi connectivity index (χ0v) is 12.9. The van der Waals surface area contributed by atoms with E-state index in [0.29, 0.717) is 18.7 Å². The van der Waals surface area contributed by atoms with Gasteiger partial charge in [0.25, 0.3) is 5.91 Å². The van der Waals surface area contributed by atoms with Gasteiger partial charge in [-0.25, -0.2) is 9.67 Å². The smallest absolute Gasteiger partial charge is 0.253 e. The molecule has 1 fully saturated rings. The zero-order valence-electron chi connectivity index (χ0n) is 12.9. The summed E-state index contributed by atoms with van der Waals surface area (Å²) in [5, 5.41) is 14.0. The van der Waals surface area contributed by atoms with Gasteiger partial charge < -0.3 is 10.0 Å². The van der Waals surface area contributed by atoms with E-state index in [-0.39, 0.29) is 5.91 Å². The quantitative estimate of drug-likeness (QED) is 0.912. The Hall–Kier alpha value is -2.21. The van der Waals surface area contributed by atoms with Gasteiger partial charge in [0, 0.05) is 18.7 Å². The normalized spacial score (nSPS) is 18.5. The first kappa shape index (κ1) is 14.7. The molecule has 6 heteroatoms. The molecule has 3 rings (SSSR count). The zero-order chi connectivity index (χ0) is 15.7. The summed E-state index contributed by atoms with van der Waals surface area (Å²) in [7, 11) is 0. The molecule has 1 atom stereocenters.